The van der Waals surface area contributed by atoms with Crippen LogP contribution in [0.15, 0.2) is 36.4 Å². The number of hydrogen-bond donors (Lipinski definition) is 1. The van der Waals surface area contributed by atoms with Gasteiger partial charge < -0.3 is 14.6 Å². The van der Waals surface area contributed by atoms with E-state index in [2.05, 4.69) is 4.98 Å². The summed E-state index contributed by atoms with van der Waals surface area (Å²) >= 11 is 0. The van der Waals surface area contributed by atoms with Crippen molar-refractivity contribution in [1.29, 1.82) is 0 Å². The number of carbonyl (C=O) groups is 1. The zero-order chi connectivity index (χ0) is 15.4. The molecule has 8 nitrogen and oxygen atoms in total. The van der Waals surface area contributed by atoms with Crippen molar-refractivity contribution in [2.24, 2.45) is 0 Å². The summed E-state index contributed by atoms with van der Waals surface area (Å²) in [5.74, 6) is -0.923. The van der Waals surface area contributed by atoms with Crippen LogP contribution in [0.4, 0.5) is 5.69 Å². The second-order valence-electron chi connectivity index (χ2n) is 3.86. The lowest BCUT2D eigenvalue weighted by atomic mass is 10.3. The zero-order valence-corrected chi connectivity index (χ0v) is 10.8. The molecule has 2 rings (SSSR count). The number of aromatic carboxylic acids is 1. The number of nitro benzene ring substituents is 1. The third kappa shape index (κ3) is 3.24. The Labute approximate surface area is 118 Å². The van der Waals surface area contributed by atoms with Gasteiger partial charge in [-0.25, -0.2) is 9.78 Å². The van der Waals surface area contributed by atoms with Gasteiger partial charge in [0.15, 0.2) is 11.4 Å². The molecule has 0 fully saturated rings. The Balaban J connectivity index is 2.31. The Hall–Kier alpha value is -3.16. The van der Waals surface area contributed by atoms with Crippen LogP contribution in [0.5, 0.6) is 17.4 Å². The minimum absolute atomic E-state index is 0.0226. The summed E-state index contributed by atoms with van der Waals surface area (Å²) in [4.78, 5) is 24.9. The Morgan fingerprint density at radius 2 is 2.10 bits per heavy atom. The number of aromatic nitrogens is 1. The first kappa shape index (κ1) is 14.3. The van der Waals surface area contributed by atoms with Gasteiger partial charge in [-0.05, 0) is 18.2 Å². The van der Waals surface area contributed by atoms with Crippen molar-refractivity contribution in [3.8, 4) is 17.4 Å². The number of methoxy groups -OCH3 is 1. The number of pyridine rings is 1. The molecule has 0 saturated heterocycles. The number of rotatable bonds is 5. The molecule has 0 bridgehead atoms. The molecular weight excluding hydrogens is 280 g/mol. The molecule has 0 aliphatic rings. The molecule has 0 spiro atoms. The van der Waals surface area contributed by atoms with E-state index in [0.717, 1.165) is 0 Å². The van der Waals surface area contributed by atoms with E-state index in [1.165, 1.54) is 43.5 Å². The highest BCUT2D eigenvalue weighted by atomic mass is 16.6. The van der Waals surface area contributed by atoms with Crippen molar-refractivity contribution in [3.05, 3.63) is 52.2 Å². The third-order valence-corrected chi connectivity index (χ3v) is 2.51. The van der Waals surface area contributed by atoms with E-state index in [0.29, 0.717) is 0 Å². The summed E-state index contributed by atoms with van der Waals surface area (Å²) < 4.78 is 10.2. The quantitative estimate of drug-likeness (QED) is 0.664. The Morgan fingerprint density at radius 1 is 1.33 bits per heavy atom. The lowest BCUT2D eigenvalue weighted by Crippen LogP contribution is -2.01. The van der Waals surface area contributed by atoms with Crippen molar-refractivity contribution >= 4 is 11.7 Å². The number of nitro groups is 1. The van der Waals surface area contributed by atoms with E-state index in [1.54, 1.807) is 0 Å². The number of nitrogens with zero attached hydrogens (tertiary/aromatic N) is 2. The smallest absolute Gasteiger partial charge is 0.354 e. The van der Waals surface area contributed by atoms with Crippen LogP contribution in [0, 0.1) is 10.1 Å². The van der Waals surface area contributed by atoms with E-state index in [-0.39, 0.29) is 28.8 Å². The molecule has 108 valence electrons. The molecule has 0 radical (unpaired) electrons. The highest BCUT2D eigenvalue weighted by Gasteiger charge is 2.16. The third-order valence-electron chi connectivity index (χ3n) is 2.51. The minimum atomic E-state index is -1.19. The van der Waals surface area contributed by atoms with Gasteiger partial charge in [0.25, 0.3) is 0 Å². The molecule has 1 aromatic heterocycles. The molecule has 0 aliphatic heterocycles. The molecular formula is C13H10N2O6. The van der Waals surface area contributed by atoms with Gasteiger partial charge in [0.2, 0.25) is 5.88 Å². The van der Waals surface area contributed by atoms with Gasteiger partial charge in [0, 0.05) is 6.07 Å². The fourth-order valence-corrected chi connectivity index (χ4v) is 1.59. The summed E-state index contributed by atoms with van der Waals surface area (Å²) in [7, 11) is 1.32. The number of ether oxygens (including phenoxy) is 2. The van der Waals surface area contributed by atoms with Crippen LogP contribution >= 0.6 is 0 Å². The van der Waals surface area contributed by atoms with E-state index < -0.39 is 10.9 Å². The maximum absolute atomic E-state index is 10.9. The van der Waals surface area contributed by atoms with Crippen molar-refractivity contribution in [3.63, 3.8) is 0 Å². The van der Waals surface area contributed by atoms with Crippen molar-refractivity contribution < 1.29 is 24.3 Å². The van der Waals surface area contributed by atoms with Gasteiger partial charge in [-0.2, -0.15) is 0 Å². The molecule has 8 heteroatoms. The maximum Gasteiger partial charge on any atom is 0.354 e. The summed E-state index contributed by atoms with van der Waals surface area (Å²) in [6.45, 7) is 0. The molecule has 21 heavy (non-hydrogen) atoms. The SMILES string of the molecule is COc1ccc(Oc2cccc(C(=O)O)n2)cc1[N+](=O)[O-]. The number of hydrogen-bond acceptors (Lipinski definition) is 6. The lowest BCUT2D eigenvalue weighted by molar-refractivity contribution is -0.385. The monoisotopic (exact) mass is 290 g/mol. The van der Waals surface area contributed by atoms with Crippen LogP contribution in [-0.4, -0.2) is 28.1 Å². The average Bonchev–Trinajstić information content (AvgIpc) is 2.47. The number of carboxylic acid groups (broad SMARTS) is 1. The predicted octanol–water partition coefficient (Wildman–Crippen LogP) is 2.49. The van der Waals surface area contributed by atoms with Crippen molar-refractivity contribution in [2.75, 3.05) is 7.11 Å². The standard InChI is InChI=1S/C13H10N2O6/c1-20-11-6-5-8(7-10(11)15(18)19)21-12-4-2-3-9(14-12)13(16)17/h2-7H,1H3,(H,16,17). The summed E-state index contributed by atoms with van der Waals surface area (Å²) in [6, 6.07) is 8.24. The predicted molar refractivity (Wildman–Crippen MR) is 70.9 cm³/mol. The Bertz CT molecular complexity index is 701. The fraction of sp³-hybridized carbons (Fsp3) is 0.0769. The van der Waals surface area contributed by atoms with E-state index in [9.17, 15) is 14.9 Å². The highest BCUT2D eigenvalue weighted by molar-refractivity contribution is 5.85. The Morgan fingerprint density at radius 3 is 2.71 bits per heavy atom. The zero-order valence-electron chi connectivity index (χ0n) is 10.8. The average molecular weight is 290 g/mol. The van der Waals surface area contributed by atoms with Crippen molar-refractivity contribution in [2.45, 2.75) is 0 Å². The summed E-state index contributed by atoms with van der Waals surface area (Å²) in [5, 5.41) is 19.7. The van der Waals surface area contributed by atoms with E-state index in [4.69, 9.17) is 14.6 Å². The van der Waals surface area contributed by atoms with E-state index >= 15 is 0 Å². The number of benzene rings is 1. The van der Waals surface area contributed by atoms with E-state index in [1.807, 2.05) is 0 Å². The van der Waals surface area contributed by atoms with Crippen LogP contribution in [0.25, 0.3) is 0 Å². The van der Waals surface area contributed by atoms with Gasteiger partial charge >= 0.3 is 11.7 Å². The van der Waals surface area contributed by atoms with Crippen LogP contribution in [0.2, 0.25) is 0 Å². The van der Waals surface area contributed by atoms with Crippen LogP contribution in [0.3, 0.4) is 0 Å². The number of carboxylic acids is 1. The molecule has 2 aromatic rings. The summed E-state index contributed by atoms with van der Waals surface area (Å²) in [5.41, 5.74) is -0.445. The molecule has 0 saturated carbocycles. The van der Waals surface area contributed by atoms with Crippen LogP contribution < -0.4 is 9.47 Å². The molecule has 0 atom stereocenters. The first-order valence-electron chi connectivity index (χ1n) is 5.72. The largest absolute Gasteiger partial charge is 0.490 e. The highest BCUT2D eigenvalue weighted by Crippen LogP contribution is 2.32. The minimum Gasteiger partial charge on any atom is -0.490 e. The first-order chi connectivity index (χ1) is 10.0. The molecule has 0 amide bonds. The lowest BCUT2D eigenvalue weighted by Gasteiger charge is -2.07. The van der Waals surface area contributed by atoms with Crippen molar-refractivity contribution in [1.82, 2.24) is 4.98 Å². The topological polar surface area (TPSA) is 112 Å². The van der Waals surface area contributed by atoms with Gasteiger partial charge in [-0.3, -0.25) is 10.1 Å². The van der Waals surface area contributed by atoms with Gasteiger partial charge in [0.1, 0.15) is 5.75 Å². The van der Waals surface area contributed by atoms with Gasteiger partial charge in [-0.1, -0.05) is 6.07 Å². The second kappa shape index (κ2) is 5.87. The fourth-order valence-electron chi connectivity index (χ4n) is 1.59. The molecule has 1 aromatic carbocycles. The molecule has 0 aliphatic carbocycles. The Kier molecular flexibility index (Phi) is 3.98. The second-order valence-corrected chi connectivity index (χ2v) is 3.86. The van der Waals surface area contributed by atoms with Gasteiger partial charge in [0.05, 0.1) is 18.1 Å². The molecule has 1 N–H and O–H groups in total. The first-order valence-corrected chi connectivity index (χ1v) is 5.72. The van der Waals surface area contributed by atoms with Crippen LogP contribution in [0.1, 0.15) is 10.5 Å². The normalized spacial score (nSPS) is 9.95. The summed E-state index contributed by atoms with van der Waals surface area (Å²) in [6.07, 6.45) is 0. The molecule has 0 unspecified atom stereocenters. The maximum atomic E-state index is 10.9. The molecule has 1 heterocycles. The van der Waals surface area contributed by atoms with Gasteiger partial charge in [-0.15, -0.1) is 0 Å². The van der Waals surface area contributed by atoms with Crippen LogP contribution in [-0.2, 0) is 0 Å².